The zero-order valence-electron chi connectivity index (χ0n) is 12.0. The second-order valence-corrected chi connectivity index (χ2v) is 5.99. The predicted molar refractivity (Wildman–Crippen MR) is 79.8 cm³/mol. The SMILES string of the molecule is O=C(N[C@@H]1C[C@H]2CC[C@@H]1N2)c1ccc(-c2cccnc2F)[nH]1. The number of carbonyl (C=O) groups excluding carboxylic acids is 1. The van der Waals surface area contributed by atoms with Gasteiger partial charge in [-0.3, -0.25) is 4.79 Å². The Morgan fingerprint density at radius 3 is 2.95 bits per heavy atom. The smallest absolute Gasteiger partial charge is 0.267 e. The first kappa shape index (κ1) is 13.5. The Balaban J connectivity index is 1.49. The molecule has 2 saturated heterocycles. The summed E-state index contributed by atoms with van der Waals surface area (Å²) in [5.41, 5.74) is 1.37. The van der Waals surface area contributed by atoms with Crippen molar-refractivity contribution in [2.24, 2.45) is 0 Å². The lowest BCUT2D eigenvalue weighted by molar-refractivity contribution is 0.0926. The Morgan fingerprint density at radius 1 is 1.32 bits per heavy atom. The molecule has 2 fully saturated rings. The molecule has 0 radical (unpaired) electrons. The Bertz CT molecular complexity index is 714. The van der Waals surface area contributed by atoms with Crippen LogP contribution >= 0.6 is 0 Å². The van der Waals surface area contributed by atoms with E-state index < -0.39 is 5.95 Å². The molecule has 2 aromatic rings. The van der Waals surface area contributed by atoms with Crippen LogP contribution in [0.25, 0.3) is 11.3 Å². The standard InChI is InChI=1S/C16H17FN4O/c17-15-10(2-1-7-18-15)11-5-6-13(20-11)16(22)21-14-8-9-3-4-12(14)19-9/h1-2,5-7,9,12,14,19-20H,3-4,8H2,(H,21,22)/t9-,12+,14-/m1/s1. The zero-order valence-corrected chi connectivity index (χ0v) is 12.0. The maximum absolute atomic E-state index is 13.7. The highest BCUT2D eigenvalue weighted by Gasteiger charge is 2.39. The minimum Gasteiger partial charge on any atom is -0.350 e. The van der Waals surface area contributed by atoms with Gasteiger partial charge in [-0.1, -0.05) is 0 Å². The van der Waals surface area contributed by atoms with Crippen molar-refractivity contribution in [2.75, 3.05) is 0 Å². The average molecular weight is 300 g/mol. The summed E-state index contributed by atoms with van der Waals surface area (Å²) in [5.74, 6) is -0.691. The lowest BCUT2D eigenvalue weighted by atomic mass is 9.95. The molecule has 22 heavy (non-hydrogen) atoms. The van der Waals surface area contributed by atoms with Crippen LogP contribution in [0.4, 0.5) is 4.39 Å². The zero-order chi connectivity index (χ0) is 15.1. The molecule has 0 spiro atoms. The maximum Gasteiger partial charge on any atom is 0.267 e. The monoisotopic (exact) mass is 300 g/mol. The van der Waals surface area contributed by atoms with Crippen molar-refractivity contribution in [2.45, 2.75) is 37.4 Å². The Hall–Kier alpha value is -2.21. The molecule has 0 saturated carbocycles. The van der Waals surface area contributed by atoms with Crippen molar-refractivity contribution in [3.8, 4) is 11.3 Å². The summed E-state index contributed by atoms with van der Waals surface area (Å²) in [6.45, 7) is 0. The van der Waals surface area contributed by atoms with Crippen molar-refractivity contribution < 1.29 is 9.18 Å². The summed E-state index contributed by atoms with van der Waals surface area (Å²) in [6.07, 6.45) is 4.70. The second-order valence-electron chi connectivity index (χ2n) is 5.99. The fourth-order valence-corrected chi connectivity index (χ4v) is 3.50. The second kappa shape index (κ2) is 5.21. The molecule has 3 N–H and O–H groups in total. The van der Waals surface area contributed by atoms with Gasteiger partial charge in [-0.15, -0.1) is 0 Å². The molecule has 0 aromatic carbocycles. The van der Waals surface area contributed by atoms with E-state index in [-0.39, 0.29) is 11.9 Å². The van der Waals surface area contributed by atoms with E-state index in [0.29, 0.717) is 29.0 Å². The molecule has 5 nitrogen and oxygen atoms in total. The van der Waals surface area contributed by atoms with Gasteiger partial charge in [-0.2, -0.15) is 4.39 Å². The summed E-state index contributed by atoms with van der Waals surface area (Å²) < 4.78 is 13.7. The highest BCUT2D eigenvalue weighted by molar-refractivity contribution is 5.93. The fraction of sp³-hybridized carbons (Fsp3) is 0.375. The van der Waals surface area contributed by atoms with Crippen molar-refractivity contribution in [1.29, 1.82) is 0 Å². The minimum absolute atomic E-state index is 0.144. The number of aromatic nitrogens is 2. The third-order valence-corrected chi connectivity index (χ3v) is 4.60. The largest absolute Gasteiger partial charge is 0.350 e. The van der Waals surface area contributed by atoms with Crippen LogP contribution in [0.5, 0.6) is 0 Å². The molecule has 0 unspecified atom stereocenters. The van der Waals surface area contributed by atoms with Crippen LogP contribution in [0.3, 0.4) is 0 Å². The number of nitrogens with zero attached hydrogens (tertiary/aromatic N) is 1. The number of fused-ring (bicyclic) bond motifs is 2. The molecule has 1 amide bonds. The molecule has 6 heteroatoms. The number of aromatic amines is 1. The summed E-state index contributed by atoms with van der Waals surface area (Å²) in [5, 5.41) is 6.55. The number of carbonyl (C=O) groups is 1. The van der Waals surface area contributed by atoms with Crippen molar-refractivity contribution in [3.63, 3.8) is 0 Å². The number of amides is 1. The normalized spacial score (nSPS) is 26.3. The summed E-state index contributed by atoms with van der Waals surface area (Å²) in [7, 11) is 0. The van der Waals surface area contributed by atoms with Gasteiger partial charge in [0.15, 0.2) is 0 Å². The molecule has 2 aliphatic rings. The van der Waals surface area contributed by atoms with Gasteiger partial charge in [0.25, 0.3) is 5.91 Å². The van der Waals surface area contributed by atoms with Gasteiger partial charge in [-0.25, -0.2) is 4.98 Å². The van der Waals surface area contributed by atoms with Gasteiger partial charge in [0.05, 0.1) is 11.3 Å². The molecule has 2 aromatic heterocycles. The van der Waals surface area contributed by atoms with E-state index in [0.717, 1.165) is 12.8 Å². The number of nitrogens with one attached hydrogen (secondary N) is 3. The number of pyridine rings is 1. The van der Waals surface area contributed by atoms with E-state index in [4.69, 9.17) is 0 Å². The van der Waals surface area contributed by atoms with Crippen LogP contribution in [0.1, 0.15) is 29.8 Å². The lowest BCUT2D eigenvalue weighted by Gasteiger charge is -2.21. The molecule has 3 atom stereocenters. The van der Waals surface area contributed by atoms with Gasteiger partial charge in [-0.05, 0) is 43.5 Å². The van der Waals surface area contributed by atoms with E-state index in [1.807, 2.05) is 0 Å². The third kappa shape index (κ3) is 2.29. The summed E-state index contributed by atoms with van der Waals surface area (Å²) >= 11 is 0. The van der Waals surface area contributed by atoms with Crippen LogP contribution < -0.4 is 10.6 Å². The topological polar surface area (TPSA) is 69.8 Å². The predicted octanol–water partition coefficient (Wildman–Crippen LogP) is 1.84. The number of rotatable bonds is 3. The molecular formula is C16H17FN4O. The molecule has 114 valence electrons. The van der Waals surface area contributed by atoms with E-state index in [9.17, 15) is 9.18 Å². The third-order valence-electron chi connectivity index (χ3n) is 4.60. The first-order chi connectivity index (χ1) is 10.7. The number of hydrogen-bond donors (Lipinski definition) is 3. The Labute approximate surface area is 127 Å². The first-order valence-corrected chi connectivity index (χ1v) is 7.57. The maximum atomic E-state index is 13.7. The highest BCUT2D eigenvalue weighted by atomic mass is 19.1. The minimum atomic E-state index is -0.548. The van der Waals surface area contributed by atoms with Crippen LogP contribution in [-0.2, 0) is 0 Å². The first-order valence-electron chi connectivity index (χ1n) is 7.57. The van der Waals surface area contributed by atoms with Crippen molar-refractivity contribution >= 4 is 5.91 Å². The number of hydrogen-bond acceptors (Lipinski definition) is 3. The van der Waals surface area contributed by atoms with Gasteiger partial charge in [0.1, 0.15) is 5.69 Å². The van der Waals surface area contributed by atoms with Gasteiger partial charge in [0.2, 0.25) is 5.95 Å². The van der Waals surface area contributed by atoms with Crippen molar-refractivity contribution in [1.82, 2.24) is 20.6 Å². The van der Waals surface area contributed by atoms with E-state index in [1.165, 1.54) is 12.6 Å². The molecule has 0 aliphatic carbocycles. The molecule has 2 aliphatic heterocycles. The Kier molecular flexibility index (Phi) is 3.18. The highest BCUT2D eigenvalue weighted by Crippen LogP contribution is 2.28. The molecule has 4 heterocycles. The van der Waals surface area contributed by atoms with E-state index in [1.54, 1.807) is 24.3 Å². The summed E-state index contributed by atoms with van der Waals surface area (Å²) in [6, 6.07) is 7.80. The number of halogens is 1. The van der Waals surface area contributed by atoms with Crippen LogP contribution in [0.15, 0.2) is 30.5 Å². The van der Waals surface area contributed by atoms with Gasteiger partial charge < -0.3 is 15.6 Å². The molecule has 4 rings (SSSR count). The van der Waals surface area contributed by atoms with Crippen LogP contribution in [-0.4, -0.2) is 34.0 Å². The quantitative estimate of drug-likeness (QED) is 0.758. The molecule has 2 bridgehead atoms. The van der Waals surface area contributed by atoms with Gasteiger partial charge >= 0.3 is 0 Å². The lowest BCUT2D eigenvalue weighted by Crippen LogP contribution is -2.43. The van der Waals surface area contributed by atoms with E-state index >= 15 is 0 Å². The van der Waals surface area contributed by atoms with Crippen LogP contribution in [0.2, 0.25) is 0 Å². The average Bonchev–Trinajstić information content (AvgIpc) is 3.24. The Morgan fingerprint density at radius 2 is 2.23 bits per heavy atom. The molecular weight excluding hydrogens is 283 g/mol. The van der Waals surface area contributed by atoms with Crippen LogP contribution in [0, 0.1) is 5.95 Å². The summed E-state index contributed by atoms with van der Waals surface area (Å²) in [4.78, 5) is 18.9. The van der Waals surface area contributed by atoms with Gasteiger partial charge in [0, 0.05) is 24.3 Å². The number of H-pyrrole nitrogens is 1. The van der Waals surface area contributed by atoms with Crippen molar-refractivity contribution in [3.05, 3.63) is 42.1 Å². The fourth-order valence-electron chi connectivity index (χ4n) is 3.50. The van der Waals surface area contributed by atoms with E-state index in [2.05, 4.69) is 20.6 Å².